The summed E-state index contributed by atoms with van der Waals surface area (Å²) >= 11 is 1.11. The Balaban J connectivity index is 2.07. The number of carbonyl (C=O) groups excluding carboxylic acids is 1. The zero-order valence-corrected chi connectivity index (χ0v) is 14.9. The van der Waals surface area contributed by atoms with E-state index in [-0.39, 0.29) is 23.0 Å². The van der Waals surface area contributed by atoms with Gasteiger partial charge in [0.1, 0.15) is 11.4 Å². The number of nitrogens with two attached hydrogens (primary N) is 1. The number of thioether (sulfide) groups is 1. The van der Waals surface area contributed by atoms with Gasteiger partial charge in [0.2, 0.25) is 11.1 Å². The van der Waals surface area contributed by atoms with Crippen LogP contribution in [0.25, 0.3) is 11.4 Å². The van der Waals surface area contributed by atoms with Gasteiger partial charge in [0.25, 0.3) is 0 Å². The van der Waals surface area contributed by atoms with E-state index in [0.717, 1.165) is 11.8 Å². The molecule has 3 N–H and O–H groups in total. The summed E-state index contributed by atoms with van der Waals surface area (Å²) in [5.41, 5.74) is -0.399. The van der Waals surface area contributed by atoms with Gasteiger partial charge in [0.15, 0.2) is 5.82 Å². The van der Waals surface area contributed by atoms with Crippen molar-refractivity contribution in [1.82, 2.24) is 20.2 Å². The molecule has 0 spiro atoms. The Bertz CT molecular complexity index is 795. The van der Waals surface area contributed by atoms with Gasteiger partial charge in [0.05, 0.1) is 11.3 Å². The molecule has 25 heavy (non-hydrogen) atoms. The molecule has 0 unspecified atom stereocenters. The molecule has 0 aliphatic rings. The Morgan fingerprint density at radius 2 is 2.08 bits per heavy atom. The van der Waals surface area contributed by atoms with Crippen LogP contribution < -0.4 is 11.2 Å². The molecular weight excluding hydrogens is 341 g/mol. The first-order valence-corrected chi connectivity index (χ1v) is 8.82. The minimum Gasteiger partial charge on any atom is -0.339 e. The van der Waals surface area contributed by atoms with Gasteiger partial charge in [-0.15, -0.1) is 16.6 Å². The van der Waals surface area contributed by atoms with E-state index in [1.54, 1.807) is 18.2 Å². The number of carbonyl (C=O) groups is 1. The molecule has 2 rings (SSSR count). The maximum absolute atomic E-state index is 13.9. The molecular formula is C17H20FN5OS. The van der Waals surface area contributed by atoms with Gasteiger partial charge in [-0.2, -0.15) is 0 Å². The van der Waals surface area contributed by atoms with Crippen molar-refractivity contribution in [1.29, 1.82) is 0 Å². The van der Waals surface area contributed by atoms with E-state index in [1.165, 1.54) is 10.7 Å². The molecule has 1 aromatic carbocycles. The molecule has 0 radical (unpaired) electrons. The molecule has 0 aliphatic heterocycles. The van der Waals surface area contributed by atoms with E-state index in [4.69, 9.17) is 12.3 Å². The van der Waals surface area contributed by atoms with E-state index in [9.17, 15) is 9.18 Å². The number of hydrogen-bond donors (Lipinski definition) is 2. The number of aromatic nitrogens is 3. The smallest absolute Gasteiger partial charge is 0.231 e. The lowest BCUT2D eigenvalue weighted by molar-refractivity contribution is -0.119. The molecule has 0 saturated carbocycles. The van der Waals surface area contributed by atoms with E-state index in [0.29, 0.717) is 18.0 Å². The molecule has 132 valence electrons. The van der Waals surface area contributed by atoms with Crippen molar-refractivity contribution in [3.8, 4) is 23.7 Å². The zero-order valence-electron chi connectivity index (χ0n) is 14.1. The first-order valence-electron chi connectivity index (χ1n) is 7.83. The summed E-state index contributed by atoms with van der Waals surface area (Å²) in [7, 11) is 0. The summed E-state index contributed by atoms with van der Waals surface area (Å²) in [4.78, 5) is 12.2. The summed E-state index contributed by atoms with van der Waals surface area (Å²) < 4.78 is 15.0. The molecule has 0 fully saturated rings. The topological polar surface area (TPSA) is 85.8 Å². The lowest BCUT2D eigenvalue weighted by atomic mass is 9.94. The standard InChI is InChI=1S/C17H20FN5OS/c1-4-17(5-2,6-3)20-14(24)11-25-16-22-21-15(23(16)19)12-9-7-8-10-13(12)18/h1,7-10H,5-6,11,19H2,2-3H3,(H,20,24). The van der Waals surface area contributed by atoms with Crippen molar-refractivity contribution < 1.29 is 9.18 Å². The Kier molecular flexibility index (Phi) is 6.04. The average Bonchev–Trinajstić information content (AvgIpc) is 2.99. The molecule has 0 bridgehead atoms. The lowest BCUT2D eigenvalue weighted by Gasteiger charge is -2.26. The number of benzene rings is 1. The van der Waals surface area contributed by atoms with Gasteiger partial charge in [-0.3, -0.25) is 4.79 Å². The summed E-state index contributed by atoms with van der Waals surface area (Å²) in [6, 6.07) is 6.14. The van der Waals surface area contributed by atoms with E-state index >= 15 is 0 Å². The Morgan fingerprint density at radius 1 is 1.40 bits per heavy atom. The third-order valence-corrected chi connectivity index (χ3v) is 4.92. The zero-order chi connectivity index (χ0) is 18.4. The van der Waals surface area contributed by atoms with Crippen LogP contribution in [0.2, 0.25) is 0 Å². The van der Waals surface area contributed by atoms with Crippen molar-refractivity contribution >= 4 is 17.7 Å². The fraction of sp³-hybridized carbons (Fsp3) is 0.353. The first-order chi connectivity index (χ1) is 12.0. The molecule has 0 atom stereocenters. The van der Waals surface area contributed by atoms with Crippen molar-refractivity contribution in [2.75, 3.05) is 11.6 Å². The number of terminal acetylenes is 1. The van der Waals surface area contributed by atoms with E-state index in [2.05, 4.69) is 21.4 Å². The van der Waals surface area contributed by atoms with Gasteiger partial charge in [-0.05, 0) is 25.0 Å². The van der Waals surface area contributed by atoms with Gasteiger partial charge in [-0.1, -0.05) is 43.7 Å². The second-order valence-electron chi connectivity index (χ2n) is 5.43. The van der Waals surface area contributed by atoms with Crippen LogP contribution in [0.3, 0.4) is 0 Å². The van der Waals surface area contributed by atoms with Crippen molar-refractivity contribution in [3.05, 3.63) is 30.1 Å². The second kappa shape index (κ2) is 8.03. The number of nitrogen functional groups attached to an aromatic ring is 1. The SMILES string of the molecule is C#CC(CC)(CC)NC(=O)CSc1nnc(-c2ccccc2F)n1N. The van der Waals surface area contributed by atoms with Crippen molar-refractivity contribution in [3.63, 3.8) is 0 Å². The molecule has 1 amide bonds. The molecule has 0 saturated heterocycles. The van der Waals surface area contributed by atoms with Crippen LogP contribution in [0, 0.1) is 18.2 Å². The fourth-order valence-corrected chi connectivity index (χ4v) is 2.96. The Labute approximate surface area is 150 Å². The van der Waals surface area contributed by atoms with Crippen LogP contribution >= 0.6 is 11.8 Å². The monoisotopic (exact) mass is 361 g/mol. The van der Waals surface area contributed by atoms with Crippen LogP contribution in [0.4, 0.5) is 4.39 Å². The van der Waals surface area contributed by atoms with E-state index < -0.39 is 11.4 Å². The minimum atomic E-state index is -0.646. The van der Waals surface area contributed by atoms with Crippen LogP contribution in [-0.4, -0.2) is 32.1 Å². The maximum atomic E-state index is 13.9. The Hall–Kier alpha value is -2.53. The predicted molar refractivity (Wildman–Crippen MR) is 96.6 cm³/mol. The molecule has 6 nitrogen and oxygen atoms in total. The summed E-state index contributed by atoms with van der Waals surface area (Å²) in [5.74, 6) is 8.19. The quantitative estimate of drug-likeness (QED) is 0.449. The minimum absolute atomic E-state index is 0.0794. The number of hydrogen-bond acceptors (Lipinski definition) is 5. The maximum Gasteiger partial charge on any atom is 0.231 e. The number of nitrogens with zero attached hydrogens (tertiary/aromatic N) is 3. The lowest BCUT2D eigenvalue weighted by Crippen LogP contribution is -2.47. The largest absolute Gasteiger partial charge is 0.339 e. The summed E-state index contributed by atoms with van der Waals surface area (Å²) in [6.45, 7) is 3.85. The first kappa shape index (κ1) is 18.8. The third-order valence-electron chi connectivity index (χ3n) is 3.97. The van der Waals surface area contributed by atoms with Gasteiger partial charge in [0, 0.05) is 0 Å². The highest BCUT2D eigenvalue weighted by Gasteiger charge is 2.25. The van der Waals surface area contributed by atoms with Crippen LogP contribution in [0.5, 0.6) is 0 Å². The third kappa shape index (κ3) is 4.12. The number of halogens is 1. The van der Waals surface area contributed by atoms with Crippen LogP contribution in [0.1, 0.15) is 26.7 Å². The molecule has 8 heteroatoms. The number of rotatable bonds is 7. The highest BCUT2D eigenvalue weighted by atomic mass is 32.2. The number of amides is 1. The van der Waals surface area contributed by atoms with E-state index in [1.807, 2.05) is 13.8 Å². The number of nitrogens with one attached hydrogen (secondary N) is 1. The van der Waals surface area contributed by atoms with Crippen molar-refractivity contribution in [2.45, 2.75) is 37.4 Å². The van der Waals surface area contributed by atoms with Crippen LogP contribution in [-0.2, 0) is 4.79 Å². The fourth-order valence-electron chi connectivity index (χ4n) is 2.30. The molecule has 1 aromatic heterocycles. The van der Waals surface area contributed by atoms with Gasteiger partial charge < -0.3 is 11.2 Å². The molecule has 0 aliphatic carbocycles. The summed E-state index contributed by atoms with van der Waals surface area (Å²) in [6.07, 6.45) is 6.82. The Morgan fingerprint density at radius 3 is 2.68 bits per heavy atom. The summed E-state index contributed by atoms with van der Waals surface area (Å²) in [5, 5.41) is 11.0. The molecule has 1 heterocycles. The highest BCUT2D eigenvalue weighted by Crippen LogP contribution is 2.23. The van der Waals surface area contributed by atoms with Gasteiger partial charge in [-0.25, -0.2) is 9.07 Å². The average molecular weight is 361 g/mol. The normalized spacial score (nSPS) is 11.1. The highest BCUT2D eigenvalue weighted by molar-refractivity contribution is 7.99. The second-order valence-corrected chi connectivity index (χ2v) is 6.37. The van der Waals surface area contributed by atoms with Crippen LogP contribution in [0.15, 0.2) is 29.4 Å². The van der Waals surface area contributed by atoms with Gasteiger partial charge >= 0.3 is 0 Å². The van der Waals surface area contributed by atoms with Crippen molar-refractivity contribution in [2.24, 2.45) is 0 Å². The predicted octanol–water partition coefficient (Wildman–Crippen LogP) is 2.20. The molecule has 2 aromatic rings.